The zero-order chi connectivity index (χ0) is 12.6. The van der Waals surface area contributed by atoms with Gasteiger partial charge in [-0.1, -0.05) is 6.07 Å². The number of para-hydroxylation sites is 1. The van der Waals surface area contributed by atoms with Gasteiger partial charge in [0.05, 0.1) is 5.69 Å². The highest BCUT2D eigenvalue weighted by molar-refractivity contribution is 7.90. The van der Waals surface area contributed by atoms with Gasteiger partial charge in [-0.2, -0.15) is 12.7 Å². The molecule has 17 heavy (non-hydrogen) atoms. The fourth-order valence-electron chi connectivity index (χ4n) is 1.37. The largest absolute Gasteiger partial charge is 0.441 e. The lowest BCUT2D eigenvalue weighted by Gasteiger charge is -2.13. The Bertz CT molecular complexity index is 646. The van der Waals surface area contributed by atoms with Crippen molar-refractivity contribution < 1.29 is 12.8 Å². The summed E-state index contributed by atoms with van der Waals surface area (Å²) in [7, 11) is -0.622. The summed E-state index contributed by atoms with van der Waals surface area (Å²) >= 11 is 0. The predicted molar refractivity (Wildman–Crippen MR) is 65.0 cm³/mol. The van der Waals surface area contributed by atoms with E-state index in [4.69, 9.17) is 4.42 Å². The normalized spacial score (nSPS) is 12.2. The highest BCUT2D eigenvalue weighted by Crippen LogP contribution is 2.24. The van der Waals surface area contributed by atoms with Crippen LogP contribution in [0.5, 0.6) is 0 Å². The van der Waals surface area contributed by atoms with Gasteiger partial charge in [0.15, 0.2) is 11.5 Å². The average molecular weight is 255 g/mol. The van der Waals surface area contributed by atoms with E-state index < -0.39 is 10.2 Å². The second-order valence-electron chi connectivity index (χ2n) is 3.77. The summed E-state index contributed by atoms with van der Waals surface area (Å²) in [5.74, 6) is 0.497. The molecule has 0 aliphatic carbocycles. The van der Waals surface area contributed by atoms with Gasteiger partial charge in [-0.25, -0.2) is 4.98 Å². The van der Waals surface area contributed by atoms with E-state index in [-0.39, 0.29) is 0 Å². The maximum Gasteiger partial charge on any atom is 0.301 e. The number of aromatic nitrogens is 1. The van der Waals surface area contributed by atoms with Crippen molar-refractivity contribution in [2.24, 2.45) is 0 Å². The van der Waals surface area contributed by atoms with Crippen LogP contribution in [0.25, 0.3) is 11.1 Å². The summed E-state index contributed by atoms with van der Waals surface area (Å²) in [4.78, 5) is 4.14. The van der Waals surface area contributed by atoms with Gasteiger partial charge in [0.25, 0.3) is 0 Å². The smallest absolute Gasteiger partial charge is 0.301 e. The van der Waals surface area contributed by atoms with Gasteiger partial charge in [0.1, 0.15) is 5.52 Å². The summed E-state index contributed by atoms with van der Waals surface area (Å²) in [5.41, 5.74) is 1.48. The topological polar surface area (TPSA) is 75.4 Å². The molecule has 0 spiro atoms. The second kappa shape index (κ2) is 4.01. The molecule has 0 fully saturated rings. The second-order valence-corrected chi connectivity index (χ2v) is 5.66. The number of nitrogens with zero attached hydrogens (tertiary/aromatic N) is 2. The van der Waals surface area contributed by atoms with Gasteiger partial charge in [0, 0.05) is 21.0 Å². The van der Waals surface area contributed by atoms with Gasteiger partial charge in [0.2, 0.25) is 0 Å². The number of aryl methyl sites for hydroxylation is 1. The number of benzene rings is 1. The van der Waals surface area contributed by atoms with Gasteiger partial charge < -0.3 is 4.42 Å². The zero-order valence-corrected chi connectivity index (χ0v) is 10.6. The van der Waals surface area contributed by atoms with E-state index in [0.717, 1.165) is 4.31 Å². The third-order valence-electron chi connectivity index (χ3n) is 2.25. The Morgan fingerprint density at radius 3 is 2.71 bits per heavy atom. The third-order valence-corrected chi connectivity index (χ3v) is 3.68. The van der Waals surface area contributed by atoms with Crippen LogP contribution in [-0.2, 0) is 10.2 Å². The molecular formula is C10H13N3O3S. The highest BCUT2D eigenvalue weighted by Gasteiger charge is 2.16. The maximum atomic E-state index is 11.7. The molecule has 2 aromatic rings. The SMILES string of the molecule is Cc1nc2c(NS(=O)(=O)N(C)C)cccc2o1. The van der Waals surface area contributed by atoms with Crippen LogP contribution in [0.15, 0.2) is 22.6 Å². The summed E-state index contributed by atoms with van der Waals surface area (Å²) < 4.78 is 32.3. The van der Waals surface area contributed by atoms with Gasteiger partial charge in [-0.15, -0.1) is 0 Å². The number of nitrogens with one attached hydrogen (secondary N) is 1. The molecule has 2 rings (SSSR count). The standard InChI is InChI=1S/C10H13N3O3S/c1-7-11-10-8(5-4-6-9(10)16-7)12-17(14,15)13(2)3/h4-6,12H,1-3H3. The zero-order valence-electron chi connectivity index (χ0n) is 9.76. The van der Waals surface area contributed by atoms with Crippen molar-refractivity contribution >= 4 is 27.0 Å². The van der Waals surface area contributed by atoms with Crippen molar-refractivity contribution in [2.75, 3.05) is 18.8 Å². The lowest BCUT2D eigenvalue weighted by atomic mass is 10.3. The van der Waals surface area contributed by atoms with E-state index in [1.807, 2.05) is 0 Å². The molecule has 0 bridgehead atoms. The predicted octanol–water partition coefficient (Wildman–Crippen LogP) is 1.35. The van der Waals surface area contributed by atoms with Crippen molar-refractivity contribution in [3.8, 4) is 0 Å². The Balaban J connectivity index is 2.50. The molecule has 0 saturated carbocycles. The van der Waals surface area contributed by atoms with Crippen molar-refractivity contribution in [1.82, 2.24) is 9.29 Å². The minimum Gasteiger partial charge on any atom is -0.441 e. The third kappa shape index (κ3) is 2.25. The Morgan fingerprint density at radius 1 is 1.35 bits per heavy atom. The molecule has 0 saturated heterocycles. The highest BCUT2D eigenvalue weighted by atomic mass is 32.2. The molecule has 0 amide bonds. The molecule has 0 unspecified atom stereocenters. The number of fused-ring (bicyclic) bond motifs is 1. The molecule has 1 aromatic heterocycles. The monoisotopic (exact) mass is 255 g/mol. The van der Waals surface area contributed by atoms with E-state index in [0.29, 0.717) is 22.7 Å². The molecule has 0 radical (unpaired) electrons. The summed E-state index contributed by atoms with van der Waals surface area (Å²) in [6.07, 6.45) is 0. The Morgan fingerprint density at radius 2 is 2.06 bits per heavy atom. The van der Waals surface area contributed by atoms with Crippen molar-refractivity contribution in [3.05, 3.63) is 24.1 Å². The molecule has 1 N–H and O–H groups in total. The lowest BCUT2D eigenvalue weighted by Crippen LogP contribution is -2.29. The average Bonchev–Trinajstić information content (AvgIpc) is 2.59. The molecule has 0 atom stereocenters. The Hall–Kier alpha value is -1.60. The maximum absolute atomic E-state index is 11.7. The van der Waals surface area contributed by atoms with E-state index in [1.54, 1.807) is 25.1 Å². The molecule has 92 valence electrons. The van der Waals surface area contributed by atoms with E-state index >= 15 is 0 Å². The molecule has 1 heterocycles. The van der Waals surface area contributed by atoms with Crippen LogP contribution in [0.2, 0.25) is 0 Å². The van der Waals surface area contributed by atoms with Crippen LogP contribution >= 0.6 is 0 Å². The summed E-state index contributed by atoms with van der Waals surface area (Å²) in [6, 6.07) is 5.09. The summed E-state index contributed by atoms with van der Waals surface area (Å²) in [6.45, 7) is 1.71. The van der Waals surface area contributed by atoms with Gasteiger partial charge >= 0.3 is 10.2 Å². The Kier molecular flexibility index (Phi) is 2.80. The number of hydrogen-bond acceptors (Lipinski definition) is 4. The molecule has 6 nitrogen and oxygen atoms in total. The number of anilines is 1. The minimum atomic E-state index is -3.53. The number of oxazole rings is 1. The quantitative estimate of drug-likeness (QED) is 0.898. The van der Waals surface area contributed by atoms with Crippen LogP contribution < -0.4 is 4.72 Å². The number of hydrogen-bond donors (Lipinski definition) is 1. The lowest BCUT2D eigenvalue weighted by molar-refractivity contribution is 0.527. The first-order valence-corrected chi connectivity index (χ1v) is 6.40. The molecule has 0 aliphatic rings. The first-order valence-electron chi connectivity index (χ1n) is 4.96. The molecular weight excluding hydrogens is 242 g/mol. The molecule has 0 aliphatic heterocycles. The van der Waals surface area contributed by atoms with E-state index in [2.05, 4.69) is 9.71 Å². The Labute approximate surface area is 99.4 Å². The van der Waals surface area contributed by atoms with Gasteiger partial charge in [-0.3, -0.25) is 4.72 Å². The minimum absolute atomic E-state index is 0.410. The van der Waals surface area contributed by atoms with Gasteiger partial charge in [-0.05, 0) is 12.1 Å². The van der Waals surface area contributed by atoms with Crippen molar-refractivity contribution in [2.45, 2.75) is 6.92 Å². The van der Waals surface area contributed by atoms with Crippen molar-refractivity contribution in [1.29, 1.82) is 0 Å². The van der Waals surface area contributed by atoms with Crippen LogP contribution in [0, 0.1) is 6.92 Å². The molecule has 7 heteroatoms. The fourth-order valence-corrected chi connectivity index (χ4v) is 2.00. The van der Waals surface area contributed by atoms with Crippen LogP contribution in [0.1, 0.15) is 5.89 Å². The first kappa shape index (κ1) is 11.9. The van der Waals surface area contributed by atoms with Crippen LogP contribution in [0.4, 0.5) is 5.69 Å². The van der Waals surface area contributed by atoms with Crippen LogP contribution in [-0.4, -0.2) is 31.8 Å². The fraction of sp³-hybridized carbons (Fsp3) is 0.300. The first-order chi connectivity index (χ1) is 7.90. The van der Waals surface area contributed by atoms with Crippen molar-refractivity contribution in [3.63, 3.8) is 0 Å². The summed E-state index contributed by atoms with van der Waals surface area (Å²) in [5, 5.41) is 0. The van der Waals surface area contributed by atoms with E-state index in [1.165, 1.54) is 14.1 Å². The van der Waals surface area contributed by atoms with Crippen LogP contribution in [0.3, 0.4) is 0 Å². The molecule has 1 aromatic carbocycles. The number of rotatable bonds is 3. The van der Waals surface area contributed by atoms with E-state index in [9.17, 15) is 8.42 Å².